The molecule has 0 saturated carbocycles. The van der Waals surface area contributed by atoms with E-state index >= 15 is 0 Å². The molecule has 74 valence electrons. The number of morpholine rings is 1. The first-order valence-electron chi connectivity index (χ1n) is 4.84. The molecule has 0 N–H and O–H groups in total. The van der Waals surface area contributed by atoms with Crippen LogP contribution in [0.5, 0.6) is 0 Å². The minimum atomic E-state index is -0.0433. The van der Waals surface area contributed by atoms with Crippen molar-refractivity contribution in [3.8, 4) is 0 Å². The second-order valence-corrected chi connectivity index (χ2v) is 3.56. The van der Waals surface area contributed by atoms with Gasteiger partial charge in [0, 0.05) is 26.1 Å². The Morgan fingerprint density at radius 3 is 2.77 bits per heavy atom. The summed E-state index contributed by atoms with van der Waals surface area (Å²) in [6.07, 6.45) is 1.61. The second kappa shape index (κ2) is 4.07. The van der Waals surface area contributed by atoms with Crippen LogP contribution in [0.2, 0.25) is 0 Å². The molecule has 2 aliphatic rings. The Hall–Kier alpha value is -0.610. The fraction of sp³-hybridized carbons (Fsp3) is 0.889. The Balaban J connectivity index is 1.73. The standard InChI is InChI=1S/C9H15NO3/c11-9-2-1-8(13-9)7-10-3-5-12-6-4-10/h8H,1-7H2. The Morgan fingerprint density at radius 2 is 2.15 bits per heavy atom. The van der Waals surface area contributed by atoms with E-state index in [1.54, 1.807) is 0 Å². The monoisotopic (exact) mass is 185 g/mol. The highest BCUT2D eigenvalue weighted by Gasteiger charge is 2.25. The van der Waals surface area contributed by atoms with Crippen molar-refractivity contribution in [2.75, 3.05) is 32.8 Å². The quantitative estimate of drug-likeness (QED) is 0.569. The highest BCUT2D eigenvalue weighted by molar-refractivity contribution is 5.71. The normalized spacial score (nSPS) is 30.5. The van der Waals surface area contributed by atoms with Crippen LogP contribution in [-0.4, -0.2) is 49.8 Å². The Labute approximate surface area is 77.8 Å². The average molecular weight is 185 g/mol. The van der Waals surface area contributed by atoms with E-state index in [1.165, 1.54) is 0 Å². The predicted molar refractivity (Wildman–Crippen MR) is 46.4 cm³/mol. The van der Waals surface area contributed by atoms with Gasteiger partial charge in [0.15, 0.2) is 0 Å². The third kappa shape index (κ3) is 2.42. The molecule has 0 radical (unpaired) electrons. The first kappa shape index (κ1) is 8.97. The van der Waals surface area contributed by atoms with E-state index in [0.717, 1.165) is 39.3 Å². The van der Waals surface area contributed by atoms with Crippen LogP contribution in [0.4, 0.5) is 0 Å². The largest absolute Gasteiger partial charge is 0.461 e. The van der Waals surface area contributed by atoms with Crippen LogP contribution in [0, 0.1) is 0 Å². The Bertz CT molecular complexity index is 189. The van der Waals surface area contributed by atoms with Crippen molar-refractivity contribution in [2.24, 2.45) is 0 Å². The second-order valence-electron chi connectivity index (χ2n) is 3.56. The van der Waals surface area contributed by atoms with E-state index in [9.17, 15) is 4.79 Å². The third-order valence-electron chi connectivity index (χ3n) is 2.53. The summed E-state index contributed by atoms with van der Waals surface area (Å²) >= 11 is 0. The van der Waals surface area contributed by atoms with Crippen molar-refractivity contribution in [1.82, 2.24) is 4.90 Å². The minimum Gasteiger partial charge on any atom is -0.461 e. The van der Waals surface area contributed by atoms with Gasteiger partial charge in [-0.1, -0.05) is 0 Å². The number of nitrogens with zero attached hydrogens (tertiary/aromatic N) is 1. The Kier molecular flexibility index (Phi) is 2.80. The molecule has 2 heterocycles. The van der Waals surface area contributed by atoms with Gasteiger partial charge in [-0.2, -0.15) is 0 Å². The van der Waals surface area contributed by atoms with Crippen LogP contribution in [0.3, 0.4) is 0 Å². The van der Waals surface area contributed by atoms with Crippen molar-refractivity contribution in [3.63, 3.8) is 0 Å². The fourth-order valence-corrected chi connectivity index (χ4v) is 1.78. The number of hydrogen-bond acceptors (Lipinski definition) is 4. The number of carbonyl (C=O) groups is 1. The van der Waals surface area contributed by atoms with E-state index in [-0.39, 0.29) is 12.1 Å². The van der Waals surface area contributed by atoms with E-state index in [2.05, 4.69) is 4.90 Å². The molecule has 13 heavy (non-hydrogen) atoms. The highest BCUT2D eigenvalue weighted by Crippen LogP contribution is 2.15. The summed E-state index contributed by atoms with van der Waals surface area (Å²) in [7, 11) is 0. The smallest absolute Gasteiger partial charge is 0.306 e. The lowest BCUT2D eigenvalue weighted by atomic mass is 10.2. The highest BCUT2D eigenvalue weighted by atomic mass is 16.5. The molecule has 4 nitrogen and oxygen atoms in total. The van der Waals surface area contributed by atoms with Crippen LogP contribution >= 0.6 is 0 Å². The lowest BCUT2D eigenvalue weighted by molar-refractivity contribution is -0.142. The van der Waals surface area contributed by atoms with Crippen molar-refractivity contribution in [1.29, 1.82) is 0 Å². The van der Waals surface area contributed by atoms with Gasteiger partial charge in [0.1, 0.15) is 6.10 Å². The molecular weight excluding hydrogens is 170 g/mol. The molecule has 0 aromatic heterocycles. The molecule has 4 heteroatoms. The minimum absolute atomic E-state index is 0.0433. The summed E-state index contributed by atoms with van der Waals surface area (Å²) < 4.78 is 10.4. The zero-order valence-electron chi connectivity index (χ0n) is 7.70. The van der Waals surface area contributed by atoms with E-state index in [0.29, 0.717) is 6.42 Å². The van der Waals surface area contributed by atoms with Gasteiger partial charge in [-0.3, -0.25) is 9.69 Å². The summed E-state index contributed by atoms with van der Waals surface area (Å²) in [4.78, 5) is 13.1. The molecule has 0 aliphatic carbocycles. The number of cyclic esters (lactones) is 1. The van der Waals surface area contributed by atoms with E-state index in [4.69, 9.17) is 9.47 Å². The first-order chi connectivity index (χ1) is 6.34. The zero-order valence-corrected chi connectivity index (χ0v) is 7.70. The fourth-order valence-electron chi connectivity index (χ4n) is 1.78. The molecule has 2 fully saturated rings. The summed E-state index contributed by atoms with van der Waals surface area (Å²) in [6, 6.07) is 0. The average Bonchev–Trinajstić information content (AvgIpc) is 2.53. The number of carbonyl (C=O) groups excluding carboxylic acids is 1. The summed E-state index contributed by atoms with van der Waals surface area (Å²) in [6.45, 7) is 4.43. The molecule has 2 saturated heterocycles. The van der Waals surface area contributed by atoms with Gasteiger partial charge in [-0.25, -0.2) is 0 Å². The van der Waals surface area contributed by atoms with Gasteiger partial charge in [0.05, 0.1) is 13.2 Å². The molecule has 1 unspecified atom stereocenters. The molecule has 0 spiro atoms. The van der Waals surface area contributed by atoms with Crippen LogP contribution in [-0.2, 0) is 14.3 Å². The van der Waals surface area contributed by atoms with Gasteiger partial charge >= 0.3 is 5.97 Å². The van der Waals surface area contributed by atoms with Gasteiger partial charge in [0.2, 0.25) is 0 Å². The van der Waals surface area contributed by atoms with Gasteiger partial charge in [-0.05, 0) is 6.42 Å². The van der Waals surface area contributed by atoms with Crippen LogP contribution in [0.15, 0.2) is 0 Å². The van der Waals surface area contributed by atoms with Crippen molar-refractivity contribution in [3.05, 3.63) is 0 Å². The van der Waals surface area contributed by atoms with Crippen molar-refractivity contribution < 1.29 is 14.3 Å². The molecule has 0 amide bonds. The zero-order chi connectivity index (χ0) is 9.10. The number of hydrogen-bond donors (Lipinski definition) is 0. The maximum absolute atomic E-state index is 10.8. The molecule has 2 rings (SSSR count). The number of rotatable bonds is 2. The van der Waals surface area contributed by atoms with Gasteiger partial charge in [0.25, 0.3) is 0 Å². The van der Waals surface area contributed by atoms with E-state index < -0.39 is 0 Å². The number of esters is 1. The topological polar surface area (TPSA) is 38.8 Å². The number of ether oxygens (including phenoxy) is 2. The summed E-state index contributed by atoms with van der Waals surface area (Å²) in [5.74, 6) is -0.0433. The summed E-state index contributed by atoms with van der Waals surface area (Å²) in [5.41, 5.74) is 0. The molecule has 1 atom stereocenters. The third-order valence-corrected chi connectivity index (χ3v) is 2.53. The van der Waals surface area contributed by atoms with Crippen molar-refractivity contribution in [2.45, 2.75) is 18.9 Å². The molecule has 0 aromatic carbocycles. The van der Waals surface area contributed by atoms with Crippen LogP contribution < -0.4 is 0 Å². The molecular formula is C9H15NO3. The maximum atomic E-state index is 10.8. The lowest BCUT2D eigenvalue weighted by Gasteiger charge is -2.28. The SMILES string of the molecule is O=C1CCC(CN2CCOCC2)O1. The van der Waals surface area contributed by atoms with Gasteiger partial charge in [-0.15, -0.1) is 0 Å². The molecule has 2 aliphatic heterocycles. The molecule has 0 aromatic rings. The predicted octanol–water partition coefficient (Wildman–Crippen LogP) is 0.0242. The summed E-state index contributed by atoms with van der Waals surface area (Å²) in [5, 5.41) is 0. The molecule has 0 bridgehead atoms. The Morgan fingerprint density at radius 1 is 1.38 bits per heavy atom. The van der Waals surface area contributed by atoms with Crippen LogP contribution in [0.25, 0.3) is 0 Å². The van der Waals surface area contributed by atoms with E-state index in [1.807, 2.05) is 0 Å². The first-order valence-corrected chi connectivity index (χ1v) is 4.84. The maximum Gasteiger partial charge on any atom is 0.306 e. The lowest BCUT2D eigenvalue weighted by Crippen LogP contribution is -2.40. The van der Waals surface area contributed by atoms with Gasteiger partial charge < -0.3 is 9.47 Å². The van der Waals surface area contributed by atoms with Crippen LogP contribution in [0.1, 0.15) is 12.8 Å². The van der Waals surface area contributed by atoms with Crippen molar-refractivity contribution >= 4 is 5.97 Å².